The molecule has 2 N–H and O–H groups in total. The Morgan fingerprint density at radius 3 is 2.46 bits per heavy atom. The van der Waals surface area contributed by atoms with Crippen LogP contribution in [0.1, 0.15) is 64.4 Å². The van der Waals surface area contributed by atoms with Gasteiger partial charge in [0.2, 0.25) is 0 Å². The van der Waals surface area contributed by atoms with E-state index in [9.17, 15) is 9.90 Å². The van der Waals surface area contributed by atoms with Crippen LogP contribution in [-0.4, -0.2) is 26.4 Å². The zero-order valence-corrected chi connectivity index (χ0v) is 15.9. The molecule has 1 amide bonds. The molecule has 0 aliphatic heterocycles. The zero-order valence-electron chi connectivity index (χ0n) is 15.9. The fourth-order valence-electron chi connectivity index (χ4n) is 2.24. The minimum Gasteiger partial charge on any atom is -0.444 e. The Bertz CT molecular complexity index is 597. The number of imidazole rings is 1. The number of hydrogen-bond acceptors (Lipinski definition) is 4. The highest BCUT2D eigenvalue weighted by molar-refractivity contribution is 5.69. The van der Waals surface area contributed by atoms with E-state index in [1.807, 2.05) is 53.0 Å². The molecule has 0 fully saturated rings. The predicted octanol–water partition coefficient (Wildman–Crippen LogP) is 3.62. The molecule has 0 saturated heterocycles. The van der Waals surface area contributed by atoms with Crippen molar-refractivity contribution >= 4 is 6.09 Å². The van der Waals surface area contributed by atoms with Gasteiger partial charge in [-0.05, 0) is 40.5 Å². The maximum Gasteiger partial charge on any atom is 0.411 e. The van der Waals surface area contributed by atoms with Crippen molar-refractivity contribution in [3.05, 3.63) is 29.5 Å². The topological polar surface area (TPSA) is 76.4 Å². The Morgan fingerprint density at radius 2 is 1.96 bits per heavy atom. The Kier molecular flexibility index (Phi) is 6.60. The molecule has 1 aromatic rings. The first kappa shape index (κ1) is 20.2. The lowest BCUT2D eigenvalue weighted by Gasteiger charge is -2.21. The van der Waals surface area contributed by atoms with Gasteiger partial charge in [0, 0.05) is 24.4 Å². The normalized spacial score (nSPS) is 13.0. The van der Waals surface area contributed by atoms with Gasteiger partial charge in [0.25, 0.3) is 0 Å². The van der Waals surface area contributed by atoms with Gasteiger partial charge in [-0.1, -0.05) is 20.4 Å². The number of allylic oxidation sites excluding steroid dienone is 1. The quantitative estimate of drug-likeness (QED) is 0.831. The van der Waals surface area contributed by atoms with Crippen LogP contribution in [0.2, 0.25) is 0 Å². The van der Waals surface area contributed by atoms with E-state index in [-0.39, 0.29) is 5.92 Å². The number of alkyl carbamates (subject to hydrolysis) is 1. The van der Waals surface area contributed by atoms with Crippen molar-refractivity contribution in [3.8, 4) is 0 Å². The number of aromatic nitrogens is 2. The van der Waals surface area contributed by atoms with Gasteiger partial charge in [-0.2, -0.15) is 0 Å². The lowest BCUT2D eigenvalue weighted by molar-refractivity contribution is 0.0544. The SMILES string of the molecule is C=C(CCn1c(C(O)C(C)C)nc(C)c1C)NC(=O)OC(C)(C)C. The summed E-state index contributed by atoms with van der Waals surface area (Å²) in [6.45, 7) is 17.7. The second-order valence-corrected chi connectivity index (χ2v) is 7.46. The van der Waals surface area contributed by atoms with Gasteiger partial charge in [0.1, 0.15) is 17.5 Å². The molecule has 0 aromatic carbocycles. The zero-order chi connectivity index (χ0) is 18.7. The third-order valence-electron chi connectivity index (χ3n) is 3.70. The van der Waals surface area contributed by atoms with Crippen molar-refractivity contribution in [1.82, 2.24) is 14.9 Å². The van der Waals surface area contributed by atoms with E-state index in [2.05, 4.69) is 16.9 Å². The second-order valence-electron chi connectivity index (χ2n) is 7.46. The summed E-state index contributed by atoms with van der Waals surface area (Å²) in [5, 5.41) is 13.0. The fourth-order valence-corrected chi connectivity index (χ4v) is 2.24. The molecule has 6 nitrogen and oxygen atoms in total. The minimum absolute atomic E-state index is 0.0769. The Labute approximate surface area is 144 Å². The summed E-state index contributed by atoms with van der Waals surface area (Å²) in [5.74, 6) is 0.734. The molecule has 136 valence electrons. The lowest BCUT2D eigenvalue weighted by Crippen LogP contribution is -2.32. The number of ether oxygens (including phenoxy) is 1. The molecule has 1 atom stereocenters. The molecule has 6 heteroatoms. The van der Waals surface area contributed by atoms with Gasteiger partial charge in [-0.15, -0.1) is 0 Å². The molecule has 24 heavy (non-hydrogen) atoms. The molecule has 0 aliphatic carbocycles. The number of amides is 1. The molecular formula is C18H31N3O3. The van der Waals surface area contributed by atoms with Crippen molar-refractivity contribution < 1.29 is 14.6 Å². The van der Waals surface area contributed by atoms with Crippen LogP contribution < -0.4 is 5.32 Å². The summed E-state index contributed by atoms with van der Waals surface area (Å²) in [5.41, 5.74) is 1.93. The van der Waals surface area contributed by atoms with Crippen molar-refractivity contribution in [2.24, 2.45) is 5.92 Å². The fraction of sp³-hybridized carbons (Fsp3) is 0.667. The summed E-state index contributed by atoms with van der Waals surface area (Å²) in [6.07, 6.45) is -0.591. The highest BCUT2D eigenvalue weighted by Gasteiger charge is 2.21. The van der Waals surface area contributed by atoms with Gasteiger partial charge >= 0.3 is 6.09 Å². The first-order valence-corrected chi connectivity index (χ1v) is 8.32. The van der Waals surface area contributed by atoms with Crippen LogP contribution in [0.25, 0.3) is 0 Å². The van der Waals surface area contributed by atoms with E-state index in [0.717, 1.165) is 11.4 Å². The number of aliphatic hydroxyl groups excluding tert-OH is 1. The number of rotatable bonds is 6. The number of carbonyl (C=O) groups is 1. The summed E-state index contributed by atoms with van der Waals surface area (Å²) in [4.78, 5) is 16.3. The number of aryl methyl sites for hydroxylation is 1. The number of aliphatic hydroxyl groups is 1. The Morgan fingerprint density at radius 1 is 1.38 bits per heavy atom. The number of carbonyl (C=O) groups excluding carboxylic acids is 1. The molecular weight excluding hydrogens is 306 g/mol. The van der Waals surface area contributed by atoms with Gasteiger partial charge in [-0.25, -0.2) is 9.78 Å². The van der Waals surface area contributed by atoms with Crippen LogP contribution in [0.4, 0.5) is 4.79 Å². The van der Waals surface area contributed by atoms with Crippen molar-refractivity contribution in [2.45, 2.75) is 73.1 Å². The van der Waals surface area contributed by atoms with E-state index in [0.29, 0.717) is 24.5 Å². The van der Waals surface area contributed by atoms with Crippen molar-refractivity contribution in [1.29, 1.82) is 0 Å². The average molecular weight is 337 g/mol. The average Bonchev–Trinajstić information content (AvgIpc) is 2.69. The second kappa shape index (κ2) is 7.83. The minimum atomic E-state index is -0.621. The van der Waals surface area contributed by atoms with Crippen LogP contribution in [0.15, 0.2) is 12.3 Å². The van der Waals surface area contributed by atoms with E-state index in [1.54, 1.807) is 0 Å². The Hall–Kier alpha value is -1.82. The molecule has 1 rings (SSSR count). The van der Waals surface area contributed by atoms with Crippen LogP contribution in [-0.2, 0) is 11.3 Å². The highest BCUT2D eigenvalue weighted by Crippen LogP contribution is 2.24. The predicted molar refractivity (Wildman–Crippen MR) is 94.6 cm³/mol. The number of hydrogen-bond donors (Lipinski definition) is 2. The first-order valence-electron chi connectivity index (χ1n) is 8.32. The van der Waals surface area contributed by atoms with E-state index < -0.39 is 17.8 Å². The summed E-state index contributed by atoms with van der Waals surface area (Å²) in [6, 6.07) is 0. The van der Waals surface area contributed by atoms with Crippen molar-refractivity contribution in [2.75, 3.05) is 0 Å². The summed E-state index contributed by atoms with van der Waals surface area (Å²) < 4.78 is 7.20. The summed E-state index contributed by atoms with van der Waals surface area (Å²) >= 11 is 0. The molecule has 0 bridgehead atoms. The largest absolute Gasteiger partial charge is 0.444 e. The third kappa shape index (κ3) is 5.67. The van der Waals surface area contributed by atoms with Crippen LogP contribution in [0.5, 0.6) is 0 Å². The van der Waals surface area contributed by atoms with Gasteiger partial charge in [0.15, 0.2) is 0 Å². The summed E-state index contributed by atoms with van der Waals surface area (Å²) in [7, 11) is 0. The monoisotopic (exact) mass is 337 g/mol. The van der Waals surface area contributed by atoms with Crippen molar-refractivity contribution in [3.63, 3.8) is 0 Å². The van der Waals surface area contributed by atoms with Crippen LogP contribution >= 0.6 is 0 Å². The van der Waals surface area contributed by atoms with Crippen LogP contribution in [0, 0.1) is 19.8 Å². The van der Waals surface area contributed by atoms with E-state index in [4.69, 9.17) is 4.74 Å². The molecule has 0 saturated carbocycles. The lowest BCUT2D eigenvalue weighted by atomic mass is 10.1. The Balaban J connectivity index is 2.74. The maximum absolute atomic E-state index is 11.8. The third-order valence-corrected chi connectivity index (χ3v) is 3.70. The van der Waals surface area contributed by atoms with Gasteiger partial charge in [-0.3, -0.25) is 5.32 Å². The van der Waals surface area contributed by atoms with Gasteiger partial charge < -0.3 is 14.4 Å². The highest BCUT2D eigenvalue weighted by atomic mass is 16.6. The van der Waals surface area contributed by atoms with E-state index in [1.165, 1.54) is 0 Å². The number of nitrogens with zero attached hydrogens (tertiary/aromatic N) is 2. The first-order chi connectivity index (χ1) is 10.9. The molecule has 1 aromatic heterocycles. The smallest absolute Gasteiger partial charge is 0.411 e. The molecule has 1 unspecified atom stereocenters. The van der Waals surface area contributed by atoms with Crippen LogP contribution in [0.3, 0.4) is 0 Å². The standard InChI is InChI=1S/C18H31N3O3/c1-11(2)15(22)16-20-13(4)14(5)21(16)10-9-12(3)19-17(23)24-18(6,7)8/h11,15,22H,3,9-10H2,1-2,4-8H3,(H,19,23). The maximum atomic E-state index is 11.8. The molecule has 0 spiro atoms. The molecule has 0 aliphatic rings. The number of nitrogens with one attached hydrogen (secondary N) is 1. The molecule has 1 heterocycles. The molecule has 0 radical (unpaired) electrons. The van der Waals surface area contributed by atoms with Gasteiger partial charge in [0.05, 0.1) is 5.69 Å². The van der Waals surface area contributed by atoms with E-state index >= 15 is 0 Å².